The van der Waals surface area contributed by atoms with Crippen molar-refractivity contribution in [2.75, 3.05) is 26.7 Å². The first-order valence-corrected chi connectivity index (χ1v) is 7.00. The number of nitrogens with one attached hydrogen (secondary N) is 1. The maximum absolute atomic E-state index is 4.29. The molecule has 0 unspecified atom stereocenters. The van der Waals surface area contributed by atoms with E-state index in [2.05, 4.69) is 31.9 Å². The lowest BCUT2D eigenvalue weighted by Gasteiger charge is -2.31. The predicted molar refractivity (Wildman–Crippen MR) is 72.4 cm³/mol. The van der Waals surface area contributed by atoms with Gasteiger partial charge in [0, 0.05) is 6.54 Å². The molecule has 1 saturated heterocycles. The second-order valence-electron chi connectivity index (χ2n) is 5.18. The summed E-state index contributed by atoms with van der Waals surface area (Å²) in [4.78, 5) is 2.50. The highest BCUT2D eigenvalue weighted by molar-refractivity contribution is 4.94. The zero-order valence-electron chi connectivity index (χ0n) is 11.8. The molecule has 1 aliphatic rings. The average molecular weight is 251 g/mol. The molecule has 1 aromatic rings. The van der Waals surface area contributed by atoms with Crippen molar-refractivity contribution < 1.29 is 0 Å². The van der Waals surface area contributed by atoms with E-state index < -0.39 is 0 Å². The van der Waals surface area contributed by atoms with Crippen LogP contribution in [0.25, 0.3) is 0 Å². The fraction of sp³-hybridized carbons (Fsp3) is 0.846. The number of nitrogens with zero attached hydrogens (tertiary/aromatic N) is 4. The Morgan fingerprint density at radius 3 is 2.61 bits per heavy atom. The fourth-order valence-electron chi connectivity index (χ4n) is 2.79. The van der Waals surface area contributed by atoms with E-state index in [-0.39, 0.29) is 0 Å². The van der Waals surface area contributed by atoms with Crippen LogP contribution in [-0.2, 0) is 13.1 Å². The van der Waals surface area contributed by atoms with Crippen molar-refractivity contribution in [2.24, 2.45) is 5.92 Å². The van der Waals surface area contributed by atoms with Crippen LogP contribution in [0.3, 0.4) is 0 Å². The van der Waals surface area contributed by atoms with E-state index >= 15 is 0 Å². The molecule has 1 N–H and O–H groups in total. The summed E-state index contributed by atoms with van der Waals surface area (Å²) in [6.07, 6.45) is 2.58. The second kappa shape index (κ2) is 6.29. The molecular weight excluding hydrogens is 226 g/mol. The van der Waals surface area contributed by atoms with Crippen LogP contribution >= 0.6 is 0 Å². The highest BCUT2D eigenvalue weighted by Gasteiger charge is 2.20. The van der Waals surface area contributed by atoms with Gasteiger partial charge in [-0.3, -0.25) is 4.90 Å². The highest BCUT2D eigenvalue weighted by Crippen LogP contribution is 2.18. The Balaban J connectivity index is 1.87. The van der Waals surface area contributed by atoms with Gasteiger partial charge in [-0.1, -0.05) is 0 Å². The maximum Gasteiger partial charge on any atom is 0.147 e. The number of piperidine rings is 1. The molecule has 1 fully saturated rings. The van der Waals surface area contributed by atoms with E-state index in [0.717, 1.165) is 37.2 Å². The number of aromatic nitrogens is 3. The summed E-state index contributed by atoms with van der Waals surface area (Å²) in [5.41, 5.74) is 0. The molecule has 102 valence electrons. The van der Waals surface area contributed by atoms with Gasteiger partial charge in [-0.25, -0.2) is 0 Å². The van der Waals surface area contributed by atoms with Crippen LogP contribution in [0.2, 0.25) is 0 Å². The van der Waals surface area contributed by atoms with E-state index in [9.17, 15) is 0 Å². The molecule has 1 aliphatic heterocycles. The molecule has 2 heterocycles. The Morgan fingerprint density at radius 2 is 2.00 bits per heavy atom. The van der Waals surface area contributed by atoms with E-state index in [1.54, 1.807) is 0 Å². The molecule has 0 radical (unpaired) electrons. The molecular formula is C13H25N5. The third kappa shape index (κ3) is 3.09. The molecule has 0 amide bonds. The third-order valence-electron chi connectivity index (χ3n) is 3.89. The third-order valence-corrected chi connectivity index (χ3v) is 3.89. The summed E-state index contributed by atoms with van der Waals surface area (Å²) < 4.78 is 2.21. The quantitative estimate of drug-likeness (QED) is 0.849. The van der Waals surface area contributed by atoms with Gasteiger partial charge in [0.05, 0.1) is 6.54 Å². The lowest BCUT2D eigenvalue weighted by molar-refractivity contribution is 0.171. The van der Waals surface area contributed by atoms with Gasteiger partial charge in [0.15, 0.2) is 0 Å². The van der Waals surface area contributed by atoms with E-state index in [1.165, 1.54) is 25.9 Å². The summed E-state index contributed by atoms with van der Waals surface area (Å²) in [5.74, 6) is 2.98. The summed E-state index contributed by atoms with van der Waals surface area (Å²) in [6, 6.07) is 0. The Morgan fingerprint density at radius 1 is 1.28 bits per heavy atom. The van der Waals surface area contributed by atoms with Crippen LogP contribution in [-0.4, -0.2) is 46.3 Å². The van der Waals surface area contributed by atoms with Crippen molar-refractivity contribution >= 4 is 0 Å². The molecule has 0 aliphatic carbocycles. The lowest BCUT2D eigenvalue weighted by atomic mass is 9.97. The van der Waals surface area contributed by atoms with E-state index in [0.29, 0.717) is 0 Å². The summed E-state index contributed by atoms with van der Waals surface area (Å²) in [6.45, 7) is 9.60. The minimum absolute atomic E-state index is 0.844. The molecule has 0 atom stereocenters. The molecule has 0 bridgehead atoms. The van der Waals surface area contributed by atoms with Crippen LogP contribution in [0.1, 0.15) is 31.4 Å². The van der Waals surface area contributed by atoms with Crippen molar-refractivity contribution in [3.8, 4) is 0 Å². The van der Waals surface area contributed by atoms with E-state index in [4.69, 9.17) is 0 Å². The Hall–Kier alpha value is -0.940. The summed E-state index contributed by atoms with van der Waals surface area (Å²) >= 11 is 0. The van der Waals surface area contributed by atoms with Crippen molar-refractivity contribution in [3.05, 3.63) is 11.6 Å². The van der Waals surface area contributed by atoms with Gasteiger partial charge in [0.25, 0.3) is 0 Å². The van der Waals surface area contributed by atoms with Crippen molar-refractivity contribution in [1.29, 1.82) is 0 Å². The number of likely N-dealkylation sites (tertiary alicyclic amines) is 1. The monoisotopic (exact) mass is 251 g/mol. The van der Waals surface area contributed by atoms with Crippen LogP contribution < -0.4 is 5.32 Å². The zero-order valence-corrected chi connectivity index (χ0v) is 11.8. The number of rotatable bonds is 5. The topological polar surface area (TPSA) is 46.0 Å². The van der Waals surface area contributed by atoms with Gasteiger partial charge in [-0.05, 0) is 59.3 Å². The fourth-order valence-corrected chi connectivity index (χ4v) is 2.79. The standard InChI is InChI=1S/C13H25N5/c1-4-18-11(2)15-16-13(18)10-17-7-5-12(6-8-17)9-14-3/h12,14H,4-10H2,1-3H3. The van der Waals surface area contributed by atoms with Gasteiger partial charge in [0.2, 0.25) is 0 Å². The number of hydrogen-bond acceptors (Lipinski definition) is 4. The van der Waals surface area contributed by atoms with Gasteiger partial charge < -0.3 is 9.88 Å². The molecule has 1 aromatic heterocycles. The lowest BCUT2D eigenvalue weighted by Crippen LogP contribution is -2.36. The largest absolute Gasteiger partial charge is 0.319 e. The Labute approximate surface area is 110 Å². The van der Waals surface area contributed by atoms with Crippen LogP contribution in [0.5, 0.6) is 0 Å². The molecule has 0 aromatic carbocycles. The predicted octanol–water partition coefficient (Wildman–Crippen LogP) is 1.04. The SMILES string of the molecule is CCn1c(C)nnc1CN1CCC(CNC)CC1. The van der Waals surface area contributed by atoms with Gasteiger partial charge in [-0.15, -0.1) is 10.2 Å². The minimum atomic E-state index is 0.844. The summed E-state index contributed by atoms with van der Waals surface area (Å²) in [5, 5.41) is 11.7. The molecule has 5 nitrogen and oxygen atoms in total. The second-order valence-corrected chi connectivity index (χ2v) is 5.18. The first-order chi connectivity index (χ1) is 8.74. The zero-order chi connectivity index (χ0) is 13.0. The van der Waals surface area contributed by atoms with Gasteiger partial charge in [-0.2, -0.15) is 0 Å². The first kappa shape index (κ1) is 13.5. The average Bonchev–Trinajstić information content (AvgIpc) is 2.72. The Kier molecular flexibility index (Phi) is 4.72. The highest BCUT2D eigenvalue weighted by atomic mass is 15.3. The molecule has 0 saturated carbocycles. The van der Waals surface area contributed by atoms with Crippen molar-refractivity contribution in [2.45, 2.75) is 39.8 Å². The normalized spacial score (nSPS) is 18.4. The Bertz CT molecular complexity index is 365. The number of hydrogen-bond donors (Lipinski definition) is 1. The minimum Gasteiger partial charge on any atom is -0.319 e. The molecule has 5 heteroatoms. The van der Waals surface area contributed by atoms with Crippen LogP contribution in [0.4, 0.5) is 0 Å². The summed E-state index contributed by atoms with van der Waals surface area (Å²) in [7, 11) is 2.04. The molecule has 18 heavy (non-hydrogen) atoms. The van der Waals surface area contributed by atoms with E-state index in [1.807, 2.05) is 14.0 Å². The first-order valence-electron chi connectivity index (χ1n) is 7.00. The van der Waals surface area contributed by atoms with Crippen molar-refractivity contribution in [1.82, 2.24) is 25.0 Å². The van der Waals surface area contributed by atoms with Crippen molar-refractivity contribution in [3.63, 3.8) is 0 Å². The van der Waals surface area contributed by atoms with Crippen LogP contribution in [0, 0.1) is 12.8 Å². The molecule has 2 rings (SSSR count). The maximum atomic E-state index is 4.29. The van der Waals surface area contributed by atoms with Gasteiger partial charge >= 0.3 is 0 Å². The van der Waals surface area contributed by atoms with Crippen LogP contribution in [0.15, 0.2) is 0 Å². The smallest absolute Gasteiger partial charge is 0.147 e. The molecule has 0 spiro atoms. The van der Waals surface area contributed by atoms with Gasteiger partial charge in [0.1, 0.15) is 11.6 Å². The number of aryl methyl sites for hydroxylation is 1.